The van der Waals surface area contributed by atoms with Gasteiger partial charge in [-0.05, 0) is 24.0 Å². The van der Waals surface area contributed by atoms with E-state index in [0.717, 1.165) is 6.42 Å². The minimum atomic E-state index is -0.285. The molecule has 1 rings (SSSR count). The van der Waals surface area contributed by atoms with Crippen molar-refractivity contribution in [2.24, 2.45) is 5.41 Å². The molecule has 0 saturated heterocycles. The molecule has 0 aromatic rings. The van der Waals surface area contributed by atoms with Crippen molar-refractivity contribution in [2.75, 3.05) is 0 Å². The Balaban J connectivity index is 3.08. The molecule has 0 spiro atoms. The Bertz CT molecular complexity index is 401. The van der Waals surface area contributed by atoms with Gasteiger partial charge in [0.1, 0.15) is 0 Å². The smallest absolute Gasteiger partial charge is 0.189 e. The molecule has 0 aromatic heterocycles. The Morgan fingerprint density at radius 2 is 1.81 bits per heavy atom. The zero-order chi connectivity index (χ0) is 12.3. The Labute approximate surface area is 96.7 Å². The summed E-state index contributed by atoms with van der Waals surface area (Å²) in [6.45, 7) is 7.82. The number of hydrogen-bond donors (Lipinski definition) is 0. The molecule has 1 aliphatic rings. The lowest BCUT2D eigenvalue weighted by molar-refractivity contribution is -0.115. The molecule has 16 heavy (non-hydrogen) atoms. The van der Waals surface area contributed by atoms with Crippen molar-refractivity contribution in [2.45, 2.75) is 34.1 Å². The van der Waals surface area contributed by atoms with Crippen LogP contribution in [0.25, 0.3) is 0 Å². The molecular formula is C14H18O2. The molecule has 2 heteroatoms. The SMILES string of the molecule is CCC=CC1=CC(=O)C=C(C(C)(C)C)C1=O. The zero-order valence-corrected chi connectivity index (χ0v) is 10.3. The second kappa shape index (κ2) is 4.60. The van der Waals surface area contributed by atoms with Gasteiger partial charge in [-0.1, -0.05) is 39.8 Å². The molecule has 2 nitrogen and oxygen atoms in total. The maximum absolute atomic E-state index is 12.1. The third-order valence-corrected chi connectivity index (χ3v) is 2.43. The predicted octanol–water partition coefficient (Wildman–Crippen LogP) is 3.00. The molecule has 0 bridgehead atoms. The molecule has 0 fully saturated rings. The molecule has 0 N–H and O–H groups in total. The van der Waals surface area contributed by atoms with Crippen LogP contribution in [0.3, 0.4) is 0 Å². The van der Waals surface area contributed by atoms with Crippen LogP contribution in [0.4, 0.5) is 0 Å². The summed E-state index contributed by atoms with van der Waals surface area (Å²) < 4.78 is 0. The molecular weight excluding hydrogens is 200 g/mol. The van der Waals surface area contributed by atoms with E-state index in [2.05, 4.69) is 0 Å². The lowest BCUT2D eigenvalue weighted by Gasteiger charge is -2.23. The standard InChI is InChI=1S/C14H18O2/c1-5-6-7-10-8-11(15)9-12(13(10)16)14(2,3)4/h6-9H,5H2,1-4H3. The topological polar surface area (TPSA) is 34.1 Å². The van der Waals surface area contributed by atoms with E-state index >= 15 is 0 Å². The third kappa shape index (κ3) is 2.78. The Morgan fingerprint density at radius 1 is 1.19 bits per heavy atom. The number of ketones is 2. The van der Waals surface area contributed by atoms with E-state index in [1.807, 2.05) is 33.8 Å². The molecule has 0 saturated carbocycles. The summed E-state index contributed by atoms with van der Waals surface area (Å²) in [6, 6.07) is 0. The average Bonchev–Trinajstić information content (AvgIpc) is 2.17. The molecule has 0 heterocycles. The lowest BCUT2D eigenvalue weighted by atomic mass is 9.79. The minimum Gasteiger partial charge on any atom is -0.290 e. The first-order chi connectivity index (χ1) is 7.36. The van der Waals surface area contributed by atoms with Gasteiger partial charge in [-0.25, -0.2) is 0 Å². The first-order valence-electron chi connectivity index (χ1n) is 5.55. The fraction of sp³-hybridized carbons (Fsp3) is 0.429. The van der Waals surface area contributed by atoms with E-state index in [9.17, 15) is 9.59 Å². The lowest BCUT2D eigenvalue weighted by Crippen LogP contribution is -2.23. The number of carbonyl (C=O) groups is 2. The van der Waals surface area contributed by atoms with E-state index < -0.39 is 0 Å². The molecule has 0 atom stereocenters. The van der Waals surface area contributed by atoms with Gasteiger partial charge in [0.05, 0.1) is 0 Å². The van der Waals surface area contributed by atoms with Crippen LogP contribution in [-0.2, 0) is 9.59 Å². The van der Waals surface area contributed by atoms with Gasteiger partial charge in [0.2, 0.25) is 0 Å². The second-order valence-corrected chi connectivity index (χ2v) is 4.95. The van der Waals surface area contributed by atoms with Crippen LogP contribution in [-0.4, -0.2) is 11.6 Å². The van der Waals surface area contributed by atoms with Gasteiger partial charge in [-0.2, -0.15) is 0 Å². The monoisotopic (exact) mass is 218 g/mol. The summed E-state index contributed by atoms with van der Waals surface area (Å²) in [5.41, 5.74) is 0.807. The van der Waals surface area contributed by atoms with Gasteiger partial charge in [0, 0.05) is 11.1 Å². The highest BCUT2D eigenvalue weighted by Crippen LogP contribution is 2.30. The number of carbonyl (C=O) groups excluding carboxylic acids is 2. The highest BCUT2D eigenvalue weighted by molar-refractivity contribution is 6.22. The van der Waals surface area contributed by atoms with Crippen LogP contribution < -0.4 is 0 Å². The maximum Gasteiger partial charge on any atom is 0.189 e. The number of rotatable bonds is 2. The van der Waals surface area contributed by atoms with Crippen LogP contribution in [0.2, 0.25) is 0 Å². The fourth-order valence-corrected chi connectivity index (χ4v) is 1.55. The number of Topliss-reactive ketones (excluding diaryl/α,β-unsaturated/α-hetero) is 1. The largest absolute Gasteiger partial charge is 0.290 e. The zero-order valence-electron chi connectivity index (χ0n) is 10.3. The molecule has 0 unspecified atom stereocenters. The maximum atomic E-state index is 12.1. The quantitative estimate of drug-likeness (QED) is 0.668. The van der Waals surface area contributed by atoms with Crippen molar-refractivity contribution in [3.63, 3.8) is 0 Å². The number of allylic oxidation sites excluding steroid dienone is 6. The van der Waals surface area contributed by atoms with Crippen molar-refractivity contribution in [1.29, 1.82) is 0 Å². The summed E-state index contributed by atoms with van der Waals surface area (Å²) in [7, 11) is 0. The first kappa shape index (κ1) is 12.6. The van der Waals surface area contributed by atoms with E-state index in [-0.39, 0.29) is 17.0 Å². The Hall–Kier alpha value is -1.44. The summed E-state index contributed by atoms with van der Waals surface area (Å²) in [5, 5.41) is 0. The molecule has 86 valence electrons. The van der Waals surface area contributed by atoms with Crippen molar-refractivity contribution >= 4 is 11.6 Å². The third-order valence-electron chi connectivity index (χ3n) is 2.43. The van der Waals surface area contributed by atoms with Crippen molar-refractivity contribution in [1.82, 2.24) is 0 Å². The van der Waals surface area contributed by atoms with Crippen LogP contribution in [0.15, 0.2) is 35.5 Å². The summed E-state index contributed by atoms with van der Waals surface area (Å²) >= 11 is 0. The van der Waals surface area contributed by atoms with Gasteiger partial charge in [-0.15, -0.1) is 0 Å². The normalized spacial score (nSPS) is 17.8. The summed E-state index contributed by atoms with van der Waals surface area (Å²) in [4.78, 5) is 23.6. The van der Waals surface area contributed by atoms with E-state index in [1.54, 1.807) is 6.08 Å². The van der Waals surface area contributed by atoms with Gasteiger partial charge < -0.3 is 0 Å². The van der Waals surface area contributed by atoms with E-state index in [1.165, 1.54) is 12.2 Å². The van der Waals surface area contributed by atoms with Crippen LogP contribution >= 0.6 is 0 Å². The molecule has 0 aliphatic heterocycles. The Kier molecular flexibility index (Phi) is 3.63. The molecule has 0 radical (unpaired) electrons. The van der Waals surface area contributed by atoms with Gasteiger partial charge in [0.15, 0.2) is 11.6 Å². The average molecular weight is 218 g/mol. The van der Waals surface area contributed by atoms with Crippen LogP contribution in [0, 0.1) is 5.41 Å². The highest BCUT2D eigenvalue weighted by atomic mass is 16.1. The van der Waals surface area contributed by atoms with E-state index in [0.29, 0.717) is 11.1 Å². The van der Waals surface area contributed by atoms with Gasteiger partial charge >= 0.3 is 0 Å². The highest BCUT2D eigenvalue weighted by Gasteiger charge is 2.28. The van der Waals surface area contributed by atoms with Gasteiger partial charge in [-0.3, -0.25) is 9.59 Å². The van der Waals surface area contributed by atoms with Gasteiger partial charge in [0.25, 0.3) is 0 Å². The van der Waals surface area contributed by atoms with Crippen LogP contribution in [0.1, 0.15) is 34.1 Å². The summed E-state index contributed by atoms with van der Waals surface area (Å²) in [5.74, 6) is -0.128. The van der Waals surface area contributed by atoms with Crippen molar-refractivity contribution in [3.8, 4) is 0 Å². The Morgan fingerprint density at radius 3 is 2.31 bits per heavy atom. The predicted molar refractivity (Wildman–Crippen MR) is 65.1 cm³/mol. The minimum absolute atomic E-state index is 0.0307. The molecule has 1 aliphatic carbocycles. The fourth-order valence-electron chi connectivity index (χ4n) is 1.55. The number of hydrogen-bond acceptors (Lipinski definition) is 2. The molecule has 0 amide bonds. The summed E-state index contributed by atoms with van der Waals surface area (Å²) in [6.07, 6.45) is 7.34. The molecule has 0 aromatic carbocycles. The van der Waals surface area contributed by atoms with Crippen LogP contribution in [0.5, 0.6) is 0 Å². The van der Waals surface area contributed by atoms with Crippen molar-refractivity contribution < 1.29 is 9.59 Å². The van der Waals surface area contributed by atoms with E-state index in [4.69, 9.17) is 0 Å². The second-order valence-electron chi connectivity index (χ2n) is 4.95. The van der Waals surface area contributed by atoms with Crippen molar-refractivity contribution in [3.05, 3.63) is 35.5 Å². The first-order valence-corrected chi connectivity index (χ1v) is 5.55.